The quantitative estimate of drug-likeness (QED) is 0.589. The summed E-state index contributed by atoms with van der Waals surface area (Å²) in [6, 6.07) is 0. The lowest BCUT2D eigenvalue weighted by Crippen LogP contribution is -2.20. The standard InChI is InChI=1S/C11H25NO/c1-4-5-9-12(3)10-7-6-8-11(2)13/h11,13H,4-10H2,1-3H3. The van der Waals surface area contributed by atoms with E-state index in [1.807, 2.05) is 6.92 Å². The number of unbranched alkanes of at least 4 members (excludes halogenated alkanes) is 2. The topological polar surface area (TPSA) is 23.5 Å². The van der Waals surface area contributed by atoms with Gasteiger partial charge in [0.2, 0.25) is 0 Å². The van der Waals surface area contributed by atoms with Crippen molar-refractivity contribution in [3.05, 3.63) is 0 Å². The lowest BCUT2D eigenvalue weighted by molar-refractivity contribution is 0.178. The zero-order valence-corrected chi connectivity index (χ0v) is 9.42. The first-order valence-corrected chi connectivity index (χ1v) is 5.53. The maximum atomic E-state index is 9.05. The largest absolute Gasteiger partial charge is 0.393 e. The normalized spacial score (nSPS) is 13.6. The molecule has 80 valence electrons. The Morgan fingerprint density at radius 2 is 1.77 bits per heavy atom. The van der Waals surface area contributed by atoms with Gasteiger partial charge in [-0.3, -0.25) is 0 Å². The van der Waals surface area contributed by atoms with Gasteiger partial charge in [-0.2, -0.15) is 0 Å². The van der Waals surface area contributed by atoms with Crippen molar-refractivity contribution < 1.29 is 5.11 Å². The molecule has 13 heavy (non-hydrogen) atoms. The Labute approximate surface area is 82.9 Å². The first kappa shape index (κ1) is 12.9. The van der Waals surface area contributed by atoms with Gasteiger partial charge in [0.1, 0.15) is 0 Å². The van der Waals surface area contributed by atoms with Crippen molar-refractivity contribution in [3.8, 4) is 0 Å². The van der Waals surface area contributed by atoms with Crippen LogP contribution in [0.3, 0.4) is 0 Å². The SMILES string of the molecule is CCCCN(C)CCCCC(C)O. The molecule has 0 aliphatic rings. The van der Waals surface area contributed by atoms with Gasteiger partial charge in [-0.05, 0) is 52.7 Å². The number of aliphatic hydroxyl groups excluding tert-OH is 1. The van der Waals surface area contributed by atoms with E-state index in [9.17, 15) is 0 Å². The Hall–Kier alpha value is -0.0800. The predicted molar refractivity (Wildman–Crippen MR) is 57.9 cm³/mol. The van der Waals surface area contributed by atoms with Crippen LogP contribution in [-0.4, -0.2) is 36.2 Å². The Morgan fingerprint density at radius 1 is 1.15 bits per heavy atom. The molecule has 1 N–H and O–H groups in total. The van der Waals surface area contributed by atoms with E-state index in [1.165, 1.54) is 32.4 Å². The van der Waals surface area contributed by atoms with E-state index in [0.29, 0.717) is 0 Å². The van der Waals surface area contributed by atoms with Gasteiger partial charge in [-0.25, -0.2) is 0 Å². The predicted octanol–water partition coefficient (Wildman–Crippen LogP) is 2.27. The molecule has 0 fully saturated rings. The van der Waals surface area contributed by atoms with Crippen molar-refractivity contribution in [2.75, 3.05) is 20.1 Å². The van der Waals surface area contributed by atoms with Gasteiger partial charge in [0.05, 0.1) is 6.10 Å². The molecule has 0 saturated heterocycles. The van der Waals surface area contributed by atoms with Gasteiger partial charge >= 0.3 is 0 Å². The molecule has 0 aromatic rings. The summed E-state index contributed by atoms with van der Waals surface area (Å²) in [4.78, 5) is 2.38. The fraction of sp³-hybridized carbons (Fsp3) is 1.00. The van der Waals surface area contributed by atoms with Crippen molar-refractivity contribution in [1.82, 2.24) is 4.90 Å². The second-order valence-electron chi connectivity index (χ2n) is 4.00. The van der Waals surface area contributed by atoms with Crippen LogP contribution in [-0.2, 0) is 0 Å². The molecule has 0 heterocycles. The fourth-order valence-electron chi connectivity index (χ4n) is 1.36. The van der Waals surface area contributed by atoms with Crippen LogP contribution in [0.15, 0.2) is 0 Å². The molecular formula is C11H25NO. The first-order valence-electron chi connectivity index (χ1n) is 5.53. The van der Waals surface area contributed by atoms with E-state index in [2.05, 4.69) is 18.9 Å². The molecule has 0 radical (unpaired) electrons. The molecule has 0 aromatic carbocycles. The van der Waals surface area contributed by atoms with Gasteiger partial charge in [0.25, 0.3) is 0 Å². The summed E-state index contributed by atoms with van der Waals surface area (Å²) in [5, 5.41) is 9.05. The minimum Gasteiger partial charge on any atom is -0.393 e. The van der Waals surface area contributed by atoms with Crippen LogP contribution in [0.25, 0.3) is 0 Å². The highest BCUT2D eigenvalue weighted by Gasteiger charge is 1.98. The highest BCUT2D eigenvalue weighted by molar-refractivity contribution is 4.53. The third kappa shape index (κ3) is 9.84. The summed E-state index contributed by atoms with van der Waals surface area (Å²) < 4.78 is 0. The van der Waals surface area contributed by atoms with Gasteiger partial charge in [0, 0.05) is 0 Å². The summed E-state index contributed by atoms with van der Waals surface area (Å²) in [5.41, 5.74) is 0. The highest BCUT2D eigenvalue weighted by Crippen LogP contribution is 2.01. The molecule has 0 bridgehead atoms. The van der Waals surface area contributed by atoms with E-state index < -0.39 is 0 Å². The number of nitrogens with zero attached hydrogens (tertiary/aromatic N) is 1. The van der Waals surface area contributed by atoms with Crippen molar-refractivity contribution in [2.24, 2.45) is 0 Å². The number of aliphatic hydroxyl groups is 1. The molecule has 0 aliphatic carbocycles. The van der Waals surface area contributed by atoms with E-state index in [0.717, 1.165) is 12.8 Å². The molecule has 1 atom stereocenters. The van der Waals surface area contributed by atoms with Crippen LogP contribution < -0.4 is 0 Å². The van der Waals surface area contributed by atoms with E-state index in [1.54, 1.807) is 0 Å². The second kappa shape index (κ2) is 8.52. The van der Waals surface area contributed by atoms with Gasteiger partial charge < -0.3 is 10.0 Å². The average molecular weight is 187 g/mol. The molecule has 2 nitrogen and oxygen atoms in total. The molecule has 0 aromatic heterocycles. The summed E-state index contributed by atoms with van der Waals surface area (Å²) in [6.07, 6.45) is 5.76. The summed E-state index contributed by atoms with van der Waals surface area (Å²) >= 11 is 0. The Kier molecular flexibility index (Phi) is 8.46. The summed E-state index contributed by atoms with van der Waals surface area (Å²) in [6.45, 7) is 6.47. The lowest BCUT2D eigenvalue weighted by Gasteiger charge is -2.15. The zero-order valence-electron chi connectivity index (χ0n) is 9.42. The van der Waals surface area contributed by atoms with Crippen LogP contribution in [0.2, 0.25) is 0 Å². The minimum atomic E-state index is -0.124. The van der Waals surface area contributed by atoms with Gasteiger partial charge in [-0.1, -0.05) is 13.3 Å². The maximum absolute atomic E-state index is 9.05. The average Bonchev–Trinajstić information content (AvgIpc) is 2.08. The Balaban J connectivity index is 3.12. The highest BCUT2D eigenvalue weighted by atomic mass is 16.3. The van der Waals surface area contributed by atoms with E-state index >= 15 is 0 Å². The van der Waals surface area contributed by atoms with Crippen molar-refractivity contribution >= 4 is 0 Å². The number of hydrogen-bond acceptors (Lipinski definition) is 2. The van der Waals surface area contributed by atoms with Crippen molar-refractivity contribution in [3.63, 3.8) is 0 Å². The van der Waals surface area contributed by atoms with Gasteiger partial charge in [-0.15, -0.1) is 0 Å². The van der Waals surface area contributed by atoms with Gasteiger partial charge in [0.15, 0.2) is 0 Å². The lowest BCUT2D eigenvalue weighted by atomic mass is 10.1. The maximum Gasteiger partial charge on any atom is 0.0512 e. The van der Waals surface area contributed by atoms with E-state index in [4.69, 9.17) is 5.11 Å². The first-order chi connectivity index (χ1) is 6.16. The van der Waals surface area contributed by atoms with Crippen LogP contribution in [0, 0.1) is 0 Å². The number of rotatable bonds is 8. The molecule has 0 amide bonds. The molecular weight excluding hydrogens is 162 g/mol. The fourth-order valence-corrected chi connectivity index (χ4v) is 1.36. The summed E-state index contributed by atoms with van der Waals surface area (Å²) in [7, 11) is 2.18. The van der Waals surface area contributed by atoms with Crippen molar-refractivity contribution in [1.29, 1.82) is 0 Å². The smallest absolute Gasteiger partial charge is 0.0512 e. The van der Waals surface area contributed by atoms with Crippen LogP contribution in [0.1, 0.15) is 46.0 Å². The molecule has 0 rings (SSSR count). The molecule has 0 saturated carbocycles. The third-order valence-corrected chi connectivity index (χ3v) is 2.31. The molecule has 0 aliphatic heterocycles. The van der Waals surface area contributed by atoms with Crippen LogP contribution in [0.4, 0.5) is 0 Å². The molecule has 0 spiro atoms. The molecule has 2 heteroatoms. The summed E-state index contributed by atoms with van der Waals surface area (Å²) in [5.74, 6) is 0. The van der Waals surface area contributed by atoms with Crippen LogP contribution >= 0.6 is 0 Å². The monoisotopic (exact) mass is 187 g/mol. The van der Waals surface area contributed by atoms with Crippen molar-refractivity contribution in [2.45, 2.75) is 52.1 Å². The Bertz CT molecular complexity index is 104. The minimum absolute atomic E-state index is 0.124. The third-order valence-electron chi connectivity index (χ3n) is 2.31. The second-order valence-corrected chi connectivity index (χ2v) is 4.00. The molecule has 1 unspecified atom stereocenters. The number of hydrogen-bond donors (Lipinski definition) is 1. The Morgan fingerprint density at radius 3 is 2.31 bits per heavy atom. The van der Waals surface area contributed by atoms with Crippen LogP contribution in [0.5, 0.6) is 0 Å². The van der Waals surface area contributed by atoms with E-state index in [-0.39, 0.29) is 6.10 Å². The zero-order chi connectivity index (χ0) is 10.1.